The molecule has 0 aliphatic rings. The highest BCUT2D eigenvalue weighted by molar-refractivity contribution is 6.30. The minimum absolute atomic E-state index is 0.0568. The topological polar surface area (TPSA) is 134 Å². The van der Waals surface area contributed by atoms with Crippen molar-refractivity contribution in [2.75, 3.05) is 24.7 Å². The first-order chi connectivity index (χ1) is 13.4. The van der Waals surface area contributed by atoms with Crippen molar-refractivity contribution < 1.29 is 9.53 Å². The van der Waals surface area contributed by atoms with Gasteiger partial charge in [-0.3, -0.25) is 9.48 Å². The van der Waals surface area contributed by atoms with E-state index in [1.807, 2.05) is 6.07 Å². The predicted octanol–water partition coefficient (Wildman–Crippen LogP) is 2.03. The summed E-state index contributed by atoms with van der Waals surface area (Å²) in [7, 11) is 1.56. The first-order valence-electron chi connectivity index (χ1n) is 8.40. The van der Waals surface area contributed by atoms with Gasteiger partial charge in [-0.1, -0.05) is 11.6 Å². The number of nitrogens with zero attached hydrogens (tertiary/aromatic N) is 4. The highest BCUT2D eigenvalue weighted by Crippen LogP contribution is 2.27. The van der Waals surface area contributed by atoms with Crippen LogP contribution < -0.4 is 21.5 Å². The molecule has 1 atom stereocenters. The Balaban J connectivity index is 1.83. The van der Waals surface area contributed by atoms with Gasteiger partial charge in [0, 0.05) is 17.8 Å². The van der Waals surface area contributed by atoms with Crippen molar-refractivity contribution in [1.29, 1.82) is 0 Å². The molecule has 0 aliphatic carbocycles. The molecule has 3 aromatic rings. The number of carbonyl (C=O) groups excluding carboxylic acids is 1. The van der Waals surface area contributed by atoms with Crippen LogP contribution >= 0.6 is 11.6 Å². The molecule has 0 saturated carbocycles. The molecular formula is C18H20ClN7O2. The number of carbonyl (C=O) groups is 1. The fourth-order valence-corrected chi connectivity index (χ4v) is 2.94. The van der Waals surface area contributed by atoms with Crippen molar-refractivity contribution in [2.24, 2.45) is 5.73 Å². The molecular weight excluding hydrogens is 382 g/mol. The van der Waals surface area contributed by atoms with E-state index in [2.05, 4.69) is 20.4 Å². The van der Waals surface area contributed by atoms with Crippen molar-refractivity contribution in [3.8, 4) is 5.75 Å². The van der Waals surface area contributed by atoms with Gasteiger partial charge in [0.05, 0.1) is 36.9 Å². The van der Waals surface area contributed by atoms with E-state index in [0.29, 0.717) is 22.2 Å². The summed E-state index contributed by atoms with van der Waals surface area (Å²) in [6, 6.07) is 5.06. The summed E-state index contributed by atoms with van der Waals surface area (Å²) in [6.07, 6.45) is 4.68. The van der Waals surface area contributed by atoms with Crippen molar-refractivity contribution in [1.82, 2.24) is 19.7 Å². The number of benzene rings is 1. The Labute approximate surface area is 166 Å². The lowest BCUT2D eigenvalue weighted by atomic mass is 10.1. The van der Waals surface area contributed by atoms with Gasteiger partial charge in [0.25, 0.3) is 5.91 Å². The summed E-state index contributed by atoms with van der Waals surface area (Å²) in [6.45, 7) is 2.00. The van der Waals surface area contributed by atoms with E-state index in [1.165, 1.54) is 12.4 Å². The molecule has 2 aromatic heterocycles. The third-order valence-corrected chi connectivity index (χ3v) is 4.27. The van der Waals surface area contributed by atoms with Crippen molar-refractivity contribution in [3.05, 3.63) is 58.8 Å². The largest absolute Gasteiger partial charge is 0.497 e. The number of halogens is 1. The number of methoxy groups -OCH3 is 1. The molecule has 0 radical (unpaired) electrons. The number of hydrogen-bond donors (Lipinski definition) is 3. The zero-order chi connectivity index (χ0) is 20.3. The number of anilines is 2. The van der Waals surface area contributed by atoms with Crippen LogP contribution in [0, 0.1) is 6.92 Å². The van der Waals surface area contributed by atoms with E-state index in [4.69, 9.17) is 27.8 Å². The van der Waals surface area contributed by atoms with E-state index in [-0.39, 0.29) is 24.1 Å². The number of aromatic nitrogens is 4. The van der Waals surface area contributed by atoms with Crippen LogP contribution in [0.25, 0.3) is 0 Å². The Morgan fingerprint density at radius 3 is 2.86 bits per heavy atom. The second kappa shape index (κ2) is 8.24. The van der Waals surface area contributed by atoms with Crippen molar-refractivity contribution in [3.63, 3.8) is 0 Å². The summed E-state index contributed by atoms with van der Waals surface area (Å²) in [4.78, 5) is 20.5. The van der Waals surface area contributed by atoms with Crippen LogP contribution in [0.4, 0.5) is 11.5 Å². The van der Waals surface area contributed by atoms with Crippen LogP contribution in [-0.2, 0) is 0 Å². The fraction of sp³-hybridized carbons (Fsp3) is 0.222. The van der Waals surface area contributed by atoms with Gasteiger partial charge in [-0.05, 0) is 30.7 Å². The summed E-state index contributed by atoms with van der Waals surface area (Å²) >= 11 is 6.15. The number of hydrogen-bond acceptors (Lipinski definition) is 7. The zero-order valence-electron chi connectivity index (χ0n) is 15.4. The van der Waals surface area contributed by atoms with E-state index >= 15 is 0 Å². The minimum Gasteiger partial charge on any atom is -0.497 e. The standard InChI is InChI=1S/C18H20ClN7O2/c1-10-7-22-17(21)16(24-10)18(27)25-13-8-23-26(9-13)15(6-20)11-3-12(19)5-14(4-11)28-2/h3-5,7-9,15H,6,20H2,1-2H3,(H2,21,22)(H,25,27). The molecule has 0 saturated heterocycles. The van der Waals surface area contributed by atoms with Gasteiger partial charge >= 0.3 is 0 Å². The molecule has 1 amide bonds. The maximum atomic E-state index is 12.4. The molecule has 146 valence electrons. The van der Waals surface area contributed by atoms with Crippen LogP contribution in [-0.4, -0.2) is 39.3 Å². The van der Waals surface area contributed by atoms with Crippen LogP contribution in [0.2, 0.25) is 5.02 Å². The molecule has 9 nitrogen and oxygen atoms in total. The van der Waals surface area contributed by atoms with Crippen LogP contribution in [0.15, 0.2) is 36.8 Å². The molecule has 1 unspecified atom stereocenters. The molecule has 5 N–H and O–H groups in total. The molecule has 0 aliphatic heterocycles. The second-order valence-electron chi connectivity index (χ2n) is 6.08. The number of rotatable bonds is 6. The number of amides is 1. The first-order valence-corrected chi connectivity index (χ1v) is 8.78. The molecule has 28 heavy (non-hydrogen) atoms. The summed E-state index contributed by atoms with van der Waals surface area (Å²) in [5, 5.41) is 7.55. The van der Waals surface area contributed by atoms with E-state index in [9.17, 15) is 4.79 Å². The highest BCUT2D eigenvalue weighted by atomic mass is 35.5. The summed E-state index contributed by atoms with van der Waals surface area (Å²) in [5.74, 6) is 0.207. The van der Waals surface area contributed by atoms with E-state index in [1.54, 1.807) is 37.0 Å². The SMILES string of the molecule is COc1cc(Cl)cc(C(CN)n2cc(NC(=O)c3nc(C)cnc3N)cn2)c1. The van der Waals surface area contributed by atoms with Gasteiger partial charge in [-0.25, -0.2) is 9.97 Å². The Bertz CT molecular complexity index is 1010. The van der Waals surface area contributed by atoms with Gasteiger partial charge in [-0.15, -0.1) is 0 Å². The zero-order valence-corrected chi connectivity index (χ0v) is 16.1. The molecule has 10 heteroatoms. The third kappa shape index (κ3) is 4.21. The lowest BCUT2D eigenvalue weighted by molar-refractivity contribution is 0.102. The quantitative estimate of drug-likeness (QED) is 0.575. The summed E-state index contributed by atoms with van der Waals surface area (Å²) in [5.41, 5.74) is 13.6. The molecule has 0 bridgehead atoms. The van der Waals surface area contributed by atoms with Crippen molar-refractivity contribution in [2.45, 2.75) is 13.0 Å². The predicted molar refractivity (Wildman–Crippen MR) is 107 cm³/mol. The number of ether oxygens (including phenoxy) is 1. The summed E-state index contributed by atoms with van der Waals surface area (Å²) < 4.78 is 6.90. The normalized spacial score (nSPS) is 11.9. The minimum atomic E-state index is -0.470. The van der Waals surface area contributed by atoms with Crippen LogP contribution in [0.1, 0.15) is 27.8 Å². The average molecular weight is 402 g/mol. The lowest BCUT2D eigenvalue weighted by Gasteiger charge is -2.17. The Hall–Kier alpha value is -3.17. The van der Waals surface area contributed by atoms with Crippen molar-refractivity contribution >= 4 is 29.0 Å². The van der Waals surface area contributed by atoms with Gasteiger partial charge in [0.1, 0.15) is 5.75 Å². The molecule has 3 rings (SSSR count). The highest BCUT2D eigenvalue weighted by Gasteiger charge is 2.18. The van der Waals surface area contributed by atoms with Gasteiger partial charge in [0.15, 0.2) is 11.5 Å². The monoisotopic (exact) mass is 401 g/mol. The smallest absolute Gasteiger partial charge is 0.278 e. The maximum Gasteiger partial charge on any atom is 0.278 e. The number of nitrogens with two attached hydrogens (primary N) is 2. The Morgan fingerprint density at radius 2 is 2.14 bits per heavy atom. The average Bonchev–Trinajstić information content (AvgIpc) is 3.11. The van der Waals surface area contributed by atoms with Gasteiger partial charge in [-0.2, -0.15) is 5.10 Å². The lowest BCUT2D eigenvalue weighted by Crippen LogP contribution is -2.21. The Morgan fingerprint density at radius 1 is 1.36 bits per heavy atom. The number of aryl methyl sites for hydroxylation is 1. The van der Waals surface area contributed by atoms with E-state index < -0.39 is 5.91 Å². The van der Waals surface area contributed by atoms with Crippen LogP contribution in [0.3, 0.4) is 0 Å². The maximum absolute atomic E-state index is 12.4. The Kier molecular flexibility index (Phi) is 5.76. The van der Waals surface area contributed by atoms with Crippen LogP contribution in [0.5, 0.6) is 5.75 Å². The molecule has 2 heterocycles. The third-order valence-electron chi connectivity index (χ3n) is 4.05. The molecule has 0 spiro atoms. The number of nitrogens with one attached hydrogen (secondary N) is 1. The fourth-order valence-electron chi connectivity index (χ4n) is 2.71. The first kappa shape index (κ1) is 19.6. The number of nitrogen functional groups attached to an aromatic ring is 1. The molecule has 1 aromatic carbocycles. The molecule has 0 fully saturated rings. The van der Waals surface area contributed by atoms with E-state index in [0.717, 1.165) is 5.56 Å². The second-order valence-corrected chi connectivity index (χ2v) is 6.52. The van der Waals surface area contributed by atoms with Gasteiger partial charge < -0.3 is 21.5 Å². The van der Waals surface area contributed by atoms with Gasteiger partial charge in [0.2, 0.25) is 0 Å².